The van der Waals surface area contributed by atoms with E-state index in [9.17, 15) is 0 Å². The molecule has 0 spiro atoms. The molecule has 0 aliphatic carbocycles. The lowest BCUT2D eigenvalue weighted by molar-refractivity contribution is -0.462. The first-order valence-electron chi connectivity index (χ1n) is 1.85. The summed E-state index contributed by atoms with van der Waals surface area (Å²) in [6, 6.07) is 0. The smallest absolute Gasteiger partial charge is 0.183 e. The van der Waals surface area contributed by atoms with Crippen LogP contribution in [-0.2, 0) is 19.8 Å². The summed E-state index contributed by atoms with van der Waals surface area (Å²) in [7, 11) is 0. The van der Waals surface area contributed by atoms with E-state index in [1.165, 1.54) is 6.92 Å². The normalized spacial score (nSPS) is 10.5. The molecule has 0 heterocycles. The first kappa shape index (κ1) is 7.76. The van der Waals surface area contributed by atoms with Crippen molar-refractivity contribution in [3.63, 3.8) is 0 Å². The van der Waals surface area contributed by atoms with Gasteiger partial charge in [0.05, 0.1) is 0 Å². The van der Waals surface area contributed by atoms with Gasteiger partial charge in [-0.25, -0.2) is 0 Å². The van der Waals surface area contributed by atoms with E-state index in [2.05, 4.69) is 31.5 Å². The molecule has 0 aromatic carbocycles. The van der Waals surface area contributed by atoms with E-state index in [0.29, 0.717) is 0 Å². The van der Waals surface area contributed by atoms with Gasteiger partial charge in [-0.15, -0.1) is 9.98 Å². The lowest BCUT2D eigenvalue weighted by Crippen LogP contribution is -2.17. The summed E-state index contributed by atoms with van der Waals surface area (Å²) in [5.41, 5.74) is 0. The Hall–Kier alpha value is -0.240. The Morgan fingerprint density at radius 2 is 1.50 bits per heavy atom. The van der Waals surface area contributed by atoms with Crippen molar-refractivity contribution in [2.45, 2.75) is 13.2 Å². The second kappa shape index (κ2) is 4.91. The summed E-state index contributed by atoms with van der Waals surface area (Å²) in [4.78, 5) is 15.7. The van der Waals surface area contributed by atoms with Gasteiger partial charge in [-0.1, -0.05) is 0 Å². The highest BCUT2D eigenvalue weighted by atomic mass is 17.3. The van der Waals surface area contributed by atoms with Crippen LogP contribution in [0.1, 0.15) is 6.92 Å². The summed E-state index contributed by atoms with van der Waals surface area (Å²) in [6.45, 7) is 1.49. The van der Waals surface area contributed by atoms with E-state index in [-0.39, 0.29) is 0 Å². The van der Waals surface area contributed by atoms with Crippen LogP contribution >= 0.6 is 0 Å². The van der Waals surface area contributed by atoms with E-state index in [0.717, 1.165) is 0 Å². The zero-order chi connectivity index (χ0) is 6.41. The third-order valence-electron chi connectivity index (χ3n) is 0.382. The van der Waals surface area contributed by atoms with Gasteiger partial charge in [0.15, 0.2) is 0 Å². The van der Waals surface area contributed by atoms with Crippen LogP contribution in [0.4, 0.5) is 0 Å². The highest BCUT2D eigenvalue weighted by molar-refractivity contribution is 4.12. The molecule has 50 valence electrons. The predicted molar refractivity (Wildman–Crippen MR) is 22.2 cm³/mol. The number of hydrogen-bond acceptors (Lipinski definition) is 6. The van der Waals surface area contributed by atoms with Gasteiger partial charge in [0, 0.05) is 0 Å². The second-order valence-electron chi connectivity index (χ2n) is 0.953. The van der Waals surface area contributed by atoms with Crippen LogP contribution in [-0.4, -0.2) is 6.29 Å². The zero-order valence-corrected chi connectivity index (χ0v) is 4.37. The molecule has 4 N–H and O–H groups in total. The molecule has 6 nitrogen and oxygen atoms in total. The molecule has 0 atom stereocenters. The number of nitrogens with two attached hydrogens (primary N) is 2. The van der Waals surface area contributed by atoms with Gasteiger partial charge in [-0.2, -0.15) is 21.6 Å². The van der Waals surface area contributed by atoms with E-state index in [1.807, 2.05) is 0 Å². The molecule has 0 aromatic heterocycles. The maximum atomic E-state index is 4.46. The Balaban J connectivity index is 2.92. The Bertz CT molecular complexity index is 45.3. The van der Waals surface area contributed by atoms with Crippen molar-refractivity contribution >= 4 is 0 Å². The van der Waals surface area contributed by atoms with E-state index in [1.54, 1.807) is 0 Å². The van der Waals surface area contributed by atoms with Gasteiger partial charge in [-0.05, 0) is 6.92 Å². The summed E-state index contributed by atoms with van der Waals surface area (Å²) in [6.07, 6.45) is -0.731. The maximum Gasteiger partial charge on any atom is 0.225 e. The fraction of sp³-hybridized carbons (Fsp3) is 1.00. The van der Waals surface area contributed by atoms with Crippen LogP contribution in [0.3, 0.4) is 0 Å². The Morgan fingerprint density at radius 3 is 1.75 bits per heavy atom. The van der Waals surface area contributed by atoms with Crippen molar-refractivity contribution in [3.8, 4) is 0 Å². The minimum atomic E-state index is -0.731. The first-order chi connectivity index (χ1) is 3.81. The predicted octanol–water partition coefficient (Wildman–Crippen LogP) is -1.02. The Morgan fingerprint density at radius 1 is 1.12 bits per heavy atom. The number of rotatable bonds is 4. The maximum absolute atomic E-state index is 4.46. The van der Waals surface area contributed by atoms with Crippen LogP contribution in [0.25, 0.3) is 0 Å². The summed E-state index contributed by atoms with van der Waals surface area (Å²) in [5.74, 6) is 8.92. The van der Waals surface area contributed by atoms with Crippen LogP contribution in [0.2, 0.25) is 0 Å². The van der Waals surface area contributed by atoms with Crippen LogP contribution in [0.5, 0.6) is 0 Å². The van der Waals surface area contributed by atoms with Crippen molar-refractivity contribution in [2.75, 3.05) is 0 Å². The van der Waals surface area contributed by atoms with Gasteiger partial charge in [-0.3, -0.25) is 0 Å². The fourth-order valence-electron chi connectivity index (χ4n) is 0.173. The second-order valence-corrected chi connectivity index (χ2v) is 0.953. The van der Waals surface area contributed by atoms with Gasteiger partial charge in [0.2, 0.25) is 6.29 Å². The average molecular weight is 124 g/mol. The van der Waals surface area contributed by atoms with Crippen molar-refractivity contribution in [3.05, 3.63) is 0 Å². The monoisotopic (exact) mass is 124 g/mol. The highest BCUT2D eigenvalue weighted by Gasteiger charge is 2.00. The third-order valence-corrected chi connectivity index (χ3v) is 0.382. The molecule has 0 aliphatic rings. The first-order valence-corrected chi connectivity index (χ1v) is 1.85. The zero-order valence-electron chi connectivity index (χ0n) is 4.37. The largest absolute Gasteiger partial charge is 0.225 e. The molecule has 0 rings (SSSR count). The molecular weight excluding hydrogens is 116 g/mol. The minimum absolute atomic E-state index is 0.731. The average Bonchev–Trinajstić information content (AvgIpc) is 1.68. The van der Waals surface area contributed by atoms with E-state index in [4.69, 9.17) is 0 Å². The van der Waals surface area contributed by atoms with Gasteiger partial charge < -0.3 is 0 Å². The van der Waals surface area contributed by atoms with Crippen LogP contribution in [0.15, 0.2) is 0 Å². The molecule has 6 heteroatoms. The Labute approximate surface area is 46.0 Å². The molecule has 0 saturated carbocycles. The van der Waals surface area contributed by atoms with Crippen molar-refractivity contribution in [1.82, 2.24) is 0 Å². The lowest BCUT2D eigenvalue weighted by Gasteiger charge is -2.04. The van der Waals surface area contributed by atoms with E-state index < -0.39 is 6.29 Å². The molecular formula is C2H8N2O4. The Kier molecular flexibility index (Phi) is 4.76. The summed E-state index contributed by atoms with van der Waals surface area (Å²) in [5, 5.41) is 0. The van der Waals surface area contributed by atoms with Gasteiger partial charge in [0.1, 0.15) is 0 Å². The quantitative estimate of drug-likeness (QED) is 0.283. The minimum Gasteiger partial charge on any atom is -0.183 e. The molecule has 0 aromatic rings. The van der Waals surface area contributed by atoms with Crippen molar-refractivity contribution in [1.29, 1.82) is 0 Å². The van der Waals surface area contributed by atoms with Crippen molar-refractivity contribution in [2.24, 2.45) is 11.8 Å². The third kappa shape index (κ3) is 3.93. The molecule has 0 bridgehead atoms. The summed E-state index contributed by atoms with van der Waals surface area (Å²) >= 11 is 0. The molecule has 0 radical (unpaired) electrons. The topological polar surface area (TPSA) is 89.0 Å². The molecule has 0 fully saturated rings. The van der Waals surface area contributed by atoms with Gasteiger partial charge in [0.25, 0.3) is 0 Å². The summed E-state index contributed by atoms with van der Waals surface area (Å²) < 4.78 is 0. The molecule has 0 amide bonds. The van der Waals surface area contributed by atoms with Crippen molar-refractivity contribution < 1.29 is 19.8 Å². The van der Waals surface area contributed by atoms with Crippen LogP contribution < -0.4 is 11.8 Å². The van der Waals surface area contributed by atoms with Gasteiger partial charge >= 0.3 is 0 Å². The number of hydrogen-bond donors (Lipinski definition) is 2. The molecule has 0 saturated heterocycles. The molecule has 0 unspecified atom stereocenters. The standard InChI is InChI=1S/C2H8N2O4/c1-2(5-7-3)6-8-4/h2H,3-4H2,1H3. The van der Waals surface area contributed by atoms with Crippen LogP contribution in [0, 0.1) is 0 Å². The molecule has 0 aliphatic heterocycles. The SMILES string of the molecule is CC(OON)OON. The van der Waals surface area contributed by atoms with E-state index >= 15 is 0 Å². The lowest BCUT2D eigenvalue weighted by atomic mass is 10.8. The molecule has 8 heavy (non-hydrogen) atoms. The highest BCUT2D eigenvalue weighted by Crippen LogP contribution is 1.88. The fourth-order valence-corrected chi connectivity index (χ4v) is 0.173.